The van der Waals surface area contributed by atoms with Gasteiger partial charge in [-0.15, -0.1) is 0 Å². The van der Waals surface area contributed by atoms with Crippen molar-refractivity contribution in [3.8, 4) is 0 Å². The first kappa shape index (κ1) is 23.1. The van der Waals surface area contributed by atoms with Crippen LogP contribution in [0.5, 0.6) is 0 Å². The van der Waals surface area contributed by atoms with E-state index >= 15 is 0 Å². The molecule has 0 rings (SSSR count). The zero-order valence-electron chi connectivity index (χ0n) is 15.3. The molecule has 0 amide bonds. The van der Waals surface area contributed by atoms with Crippen molar-refractivity contribution in [3.63, 3.8) is 0 Å². The molecular weight excluding hydrogens is 290 g/mol. The molecule has 0 aromatic heterocycles. The van der Waals surface area contributed by atoms with Crippen molar-refractivity contribution in [3.05, 3.63) is 0 Å². The van der Waals surface area contributed by atoms with Gasteiger partial charge in [-0.05, 0) is 25.7 Å². The molecule has 6 heteroatoms. The normalized spacial score (nSPS) is 11.9. The molecule has 0 fully saturated rings. The SMILES string of the molecule is CCCCCCC[N+](C)(C)CCCCCC.O=S(=O)([O-])[O-].[H+]. The van der Waals surface area contributed by atoms with E-state index in [0.717, 1.165) is 0 Å². The summed E-state index contributed by atoms with van der Waals surface area (Å²) in [4.78, 5) is 0. The molecule has 0 radical (unpaired) electrons. The highest BCUT2D eigenvalue weighted by Gasteiger charge is 2.13. The van der Waals surface area contributed by atoms with E-state index in [-0.39, 0.29) is 1.43 Å². The van der Waals surface area contributed by atoms with Crippen molar-refractivity contribution >= 4 is 10.4 Å². The number of unbranched alkanes of at least 4 members (excludes halogenated alkanes) is 7. The molecule has 0 aliphatic heterocycles. The van der Waals surface area contributed by atoms with Gasteiger partial charge in [0.1, 0.15) is 0 Å². The molecule has 0 saturated carbocycles. The largest absolute Gasteiger partial charge is 1.00 e. The molecule has 0 spiro atoms. The zero-order chi connectivity index (χ0) is 16.8. The van der Waals surface area contributed by atoms with Crippen LogP contribution in [0.1, 0.15) is 73.1 Å². The Bertz CT molecular complexity index is 314. The van der Waals surface area contributed by atoms with E-state index in [4.69, 9.17) is 17.5 Å². The summed E-state index contributed by atoms with van der Waals surface area (Å²) in [6.07, 6.45) is 12.7. The van der Waals surface area contributed by atoms with Gasteiger partial charge in [0.15, 0.2) is 0 Å². The average Bonchev–Trinajstić information content (AvgIpc) is 2.32. The lowest BCUT2D eigenvalue weighted by Crippen LogP contribution is -2.41. The van der Waals surface area contributed by atoms with Crippen LogP contribution in [0.3, 0.4) is 0 Å². The molecule has 0 bridgehead atoms. The number of nitrogens with zero attached hydrogens (tertiary/aromatic N) is 1. The summed E-state index contributed by atoms with van der Waals surface area (Å²) in [5, 5.41) is 0. The van der Waals surface area contributed by atoms with Gasteiger partial charge in [-0.1, -0.05) is 46.0 Å². The van der Waals surface area contributed by atoms with Gasteiger partial charge in [-0.3, -0.25) is 8.42 Å². The lowest BCUT2D eigenvalue weighted by molar-refractivity contribution is -0.890. The van der Waals surface area contributed by atoms with Crippen molar-refractivity contribution in [1.29, 1.82) is 0 Å². The maximum absolute atomic E-state index is 8.52. The lowest BCUT2D eigenvalue weighted by atomic mass is 10.1. The molecule has 130 valence electrons. The van der Waals surface area contributed by atoms with Gasteiger partial charge in [0.2, 0.25) is 0 Å². The van der Waals surface area contributed by atoms with Crippen LogP contribution in [-0.4, -0.2) is 49.2 Å². The third kappa shape index (κ3) is 28.7. The van der Waals surface area contributed by atoms with Crippen molar-refractivity contribution in [2.24, 2.45) is 0 Å². The van der Waals surface area contributed by atoms with Gasteiger partial charge in [0.05, 0.1) is 27.2 Å². The van der Waals surface area contributed by atoms with Crippen LogP contribution >= 0.6 is 0 Å². The molecule has 0 heterocycles. The summed E-state index contributed by atoms with van der Waals surface area (Å²) in [5.41, 5.74) is 0. The molecule has 0 saturated heterocycles. The number of hydrogen-bond acceptors (Lipinski definition) is 4. The van der Waals surface area contributed by atoms with E-state index in [1.54, 1.807) is 0 Å². The second-order valence-corrected chi connectivity index (χ2v) is 7.08. The third-order valence-electron chi connectivity index (χ3n) is 3.48. The predicted octanol–water partition coefficient (Wildman–Crippen LogP) is 3.39. The standard InChI is InChI=1S/C15H34N.H2O4S/c1-5-7-9-11-13-15-16(3,4)14-12-10-8-6-2;1-5(2,3)4/h5-15H2,1-4H3;(H2,1,2,3,4)/q+1;/p-1. The van der Waals surface area contributed by atoms with Crippen molar-refractivity contribution in [2.75, 3.05) is 27.2 Å². The fourth-order valence-electron chi connectivity index (χ4n) is 2.22. The first-order chi connectivity index (χ1) is 9.62. The molecule has 0 unspecified atom stereocenters. The van der Waals surface area contributed by atoms with Crippen LogP contribution in [0.2, 0.25) is 0 Å². The molecule has 0 atom stereocenters. The predicted molar refractivity (Wildman–Crippen MR) is 86.3 cm³/mol. The highest BCUT2D eigenvalue weighted by Crippen LogP contribution is 2.09. The zero-order valence-corrected chi connectivity index (χ0v) is 15.1. The Balaban J connectivity index is -0.000000520. The second kappa shape index (κ2) is 13.5. The van der Waals surface area contributed by atoms with Crippen LogP contribution in [0.4, 0.5) is 0 Å². The van der Waals surface area contributed by atoms with E-state index in [1.807, 2.05) is 0 Å². The fourth-order valence-corrected chi connectivity index (χ4v) is 2.22. The number of quaternary nitrogens is 1. The summed E-state index contributed by atoms with van der Waals surface area (Å²) < 4.78 is 35.3. The van der Waals surface area contributed by atoms with E-state index in [9.17, 15) is 0 Å². The molecule has 0 aliphatic carbocycles. The summed E-state index contributed by atoms with van der Waals surface area (Å²) in [6.45, 7) is 7.31. The Kier molecular flexibility index (Phi) is 14.8. The first-order valence-corrected chi connectivity index (χ1v) is 9.44. The van der Waals surface area contributed by atoms with Gasteiger partial charge >= 0.3 is 1.43 Å². The van der Waals surface area contributed by atoms with E-state index < -0.39 is 10.4 Å². The van der Waals surface area contributed by atoms with Crippen LogP contribution in [0.15, 0.2) is 0 Å². The molecule has 5 nitrogen and oxygen atoms in total. The quantitative estimate of drug-likeness (QED) is 0.252. The van der Waals surface area contributed by atoms with Gasteiger partial charge < -0.3 is 13.6 Å². The number of rotatable bonds is 11. The monoisotopic (exact) mass is 325 g/mol. The maximum atomic E-state index is 8.52. The first-order valence-electron chi connectivity index (χ1n) is 8.11. The van der Waals surface area contributed by atoms with Gasteiger partial charge in [0, 0.05) is 10.4 Å². The fraction of sp³-hybridized carbons (Fsp3) is 1.00. The Morgan fingerprint density at radius 1 is 0.762 bits per heavy atom. The number of hydrogen-bond donors (Lipinski definition) is 0. The van der Waals surface area contributed by atoms with Gasteiger partial charge in [-0.25, -0.2) is 0 Å². The third-order valence-corrected chi connectivity index (χ3v) is 3.48. The molecular formula is C15H35NO4S. The Hall–Kier alpha value is -0.170. The van der Waals surface area contributed by atoms with Gasteiger partial charge in [0.25, 0.3) is 0 Å². The minimum Gasteiger partial charge on any atom is -0.759 e. The van der Waals surface area contributed by atoms with Crippen LogP contribution in [0.25, 0.3) is 0 Å². The molecule has 0 aromatic rings. The average molecular weight is 326 g/mol. The highest BCUT2D eigenvalue weighted by atomic mass is 32.3. The minimum atomic E-state index is -5.17. The molecule has 0 aromatic carbocycles. The molecule has 0 aliphatic rings. The maximum Gasteiger partial charge on any atom is 1.00 e. The summed E-state index contributed by atoms with van der Waals surface area (Å²) in [6, 6.07) is 0. The van der Waals surface area contributed by atoms with Crippen molar-refractivity contribution < 1.29 is 23.4 Å². The van der Waals surface area contributed by atoms with Gasteiger partial charge in [-0.2, -0.15) is 0 Å². The molecule has 0 N–H and O–H groups in total. The Labute approximate surface area is 133 Å². The Morgan fingerprint density at radius 3 is 1.38 bits per heavy atom. The van der Waals surface area contributed by atoms with E-state index in [0.29, 0.717) is 0 Å². The van der Waals surface area contributed by atoms with E-state index in [2.05, 4.69) is 27.9 Å². The van der Waals surface area contributed by atoms with Crippen LogP contribution in [-0.2, 0) is 10.4 Å². The Morgan fingerprint density at radius 2 is 1.05 bits per heavy atom. The van der Waals surface area contributed by atoms with Crippen molar-refractivity contribution in [1.82, 2.24) is 0 Å². The van der Waals surface area contributed by atoms with E-state index in [1.165, 1.54) is 75.4 Å². The summed E-state index contributed by atoms with van der Waals surface area (Å²) in [5.74, 6) is 0. The highest BCUT2D eigenvalue weighted by molar-refractivity contribution is 7.79. The smallest absolute Gasteiger partial charge is 0.759 e. The van der Waals surface area contributed by atoms with Crippen LogP contribution in [0, 0.1) is 0 Å². The second-order valence-electron chi connectivity index (χ2n) is 6.27. The minimum absolute atomic E-state index is 0. The molecule has 21 heavy (non-hydrogen) atoms. The lowest BCUT2D eigenvalue weighted by Gasteiger charge is -2.30. The van der Waals surface area contributed by atoms with Crippen LogP contribution < -0.4 is 0 Å². The van der Waals surface area contributed by atoms with Crippen molar-refractivity contribution in [2.45, 2.75) is 71.6 Å². The summed E-state index contributed by atoms with van der Waals surface area (Å²) in [7, 11) is -0.377. The summed E-state index contributed by atoms with van der Waals surface area (Å²) >= 11 is 0. The topological polar surface area (TPSA) is 80.3 Å².